The van der Waals surface area contributed by atoms with Crippen LogP contribution in [0, 0.1) is 0 Å². The summed E-state index contributed by atoms with van der Waals surface area (Å²) in [7, 11) is 0. The molecular weight excluding hydrogens is 280 g/mol. The van der Waals surface area contributed by atoms with Crippen LogP contribution >= 0.6 is 0 Å². The van der Waals surface area contributed by atoms with Crippen LogP contribution in [0.5, 0.6) is 0 Å². The SMILES string of the molecule is OC1CCCN(c2ccnc(N3CCc4nc[nH]c4C3)n2)C1. The van der Waals surface area contributed by atoms with E-state index in [1.807, 2.05) is 6.07 Å². The van der Waals surface area contributed by atoms with Gasteiger partial charge in [-0.2, -0.15) is 4.98 Å². The van der Waals surface area contributed by atoms with Gasteiger partial charge in [-0.1, -0.05) is 0 Å². The summed E-state index contributed by atoms with van der Waals surface area (Å²) in [5.74, 6) is 1.65. The molecule has 1 atom stereocenters. The molecule has 0 saturated carbocycles. The monoisotopic (exact) mass is 300 g/mol. The third kappa shape index (κ3) is 2.52. The smallest absolute Gasteiger partial charge is 0.227 e. The number of hydrogen-bond donors (Lipinski definition) is 2. The number of H-pyrrole nitrogens is 1. The van der Waals surface area contributed by atoms with Gasteiger partial charge in [0.05, 0.1) is 30.4 Å². The Kier molecular flexibility index (Phi) is 3.42. The molecule has 4 heterocycles. The Hall–Kier alpha value is -2.15. The first-order chi connectivity index (χ1) is 10.8. The fraction of sp³-hybridized carbons (Fsp3) is 0.533. The van der Waals surface area contributed by atoms with Crippen LogP contribution in [0.2, 0.25) is 0 Å². The number of aliphatic hydroxyl groups is 1. The molecule has 7 heteroatoms. The molecular formula is C15H20N6O. The highest BCUT2D eigenvalue weighted by Gasteiger charge is 2.23. The van der Waals surface area contributed by atoms with Crippen molar-refractivity contribution in [3.63, 3.8) is 0 Å². The van der Waals surface area contributed by atoms with E-state index in [1.165, 1.54) is 0 Å². The van der Waals surface area contributed by atoms with Gasteiger partial charge in [-0.15, -0.1) is 0 Å². The minimum absolute atomic E-state index is 0.255. The number of β-amino-alcohol motifs (C(OH)–C–C–N with tert-alkyl or cyclic N) is 1. The molecule has 0 aromatic carbocycles. The Morgan fingerprint density at radius 2 is 2.18 bits per heavy atom. The largest absolute Gasteiger partial charge is 0.391 e. The van der Waals surface area contributed by atoms with Crippen molar-refractivity contribution in [1.29, 1.82) is 0 Å². The summed E-state index contributed by atoms with van der Waals surface area (Å²) in [5, 5.41) is 9.84. The van der Waals surface area contributed by atoms with Crippen LogP contribution in [0.1, 0.15) is 24.2 Å². The van der Waals surface area contributed by atoms with Crippen LogP contribution in [0.25, 0.3) is 0 Å². The van der Waals surface area contributed by atoms with E-state index in [9.17, 15) is 5.11 Å². The van der Waals surface area contributed by atoms with E-state index in [2.05, 4.69) is 24.8 Å². The van der Waals surface area contributed by atoms with E-state index in [4.69, 9.17) is 4.98 Å². The van der Waals surface area contributed by atoms with Gasteiger partial charge in [0.2, 0.25) is 5.95 Å². The van der Waals surface area contributed by atoms with Gasteiger partial charge >= 0.3 is 0 Å². The highest BCUT2D eigenvalue weighted by molar-refractivity contribution is 5.45. The van der Waals surface area contributed by atoms with Crippen molar-refractivity contribution in [3.05, 3.63) is 30.0 Å². The number of imidazole rings is 1. The molecule has 0 spiro atoms. The maximum atomic E-state index is 9.84. The summed E-state index contributed by atoms with van der Waals surface area (Å²) >= 11 is 0. The second-order valence-corrected chi connectivity index (χ2v) is 5.96. The molecule has 2 N–H and O–H groups in total. The number of nitrogens with zero attached hydrogens (tertiary/aromatic N) is 5. The van der Waals surface area contributed by atoms with E-state index >= 15 is 0 Å². The summed E-state index contributed by atoms with van der Waals surface area (Å²) in [4.78, 5) is 21.0. The number of aliphatic hydroxyl groups excluding tert-OH is 1. The highest BCUT2D eigenvalue weighted by Crippen LogP contribution is 2.23. The number of nitrogens with one attached hydrogen (secondary N) is 1. The third-order valence-corrected chi connectivity index (χ3v) is 4.41. The standard InChI is InChI=1S/C15H20N6O/c22-11-2-1-6-20(8-11)14-3-5-16-15(19-14)21-7-4-12-13(9-21)18-10-17-12/h3,5,10-11,22H,1-2,4,6-9H2,(H,17,18). The van der Waals surface area contributed by atoms with E-state index in [0.29, 0.717) is 6.54 Å². The van der Waals surface area contributed by atoms with Crippen molar-refractivity contribution in [1.82, 2.24) is 19.9 Å². The molecule has 2 aliphatic rings. The summed E-state index contributed by atoms with van der Waals surface area (Å²) in [5.41, 5.74) is 2.29. The molecule has 2 aliphatic heterocycles. The first-order valence-corrected chi connectivity index (χ1v) is 7.82. The Labute approximate surface area is 129 Å². The van der Waals surface area contributed by atoms with Crippen LogP contribution in [0.4, 0.5) is 11.8 Å². The van der Waals surface area contributed by atoms with Crippen LogP contribution < -0.4 is 9.80 Å². The van der Waals surface area contributed by atoms with Gasteiger partial charge in [-0.3, -0.25) is 0 Å². The first-order valence-electron chi connectivity index (χ1n) is 7.82. The zero-order valence-electron chi connectivity index (χ0n) is 12.4. The number of hydrogen-bond acceptors (Lipinski definition) is 6. The van der Waals surface area contributed by atoms with Gasteiger partial charge < -0.3 is 19.9 Å². The van der Waals surface area contributed by atoms with Crippen LogP contribution in [0.3, 0.4) is 0 Å². The predicted molar refractivity (Wildman–Crippen MR) is 82.8 cm³/mol. The van der Waals surface area contributed by atoms with Gasteiger partial charge in [0.15, 0.2) is 0 Å². The van der Waals surface area contributed by atoms with Crippen LogP contribution in [-0.2, 0) is 13.0 Å². The normalized spacial score (nSPS) is 21.8. The Morgan fingerprint density at radius 1 is 1.23 bits per heavy atom. The maximum absolute atomic E-state index is 9.84. The molecule has 1 fully saturated rings. The predicted octanol–water partition coefficient (Wildman–Crippen LogP) is 0.723. The maximum Gasteiger partial charge on any atom is 0.227 e. The molecule has 2 aromatic heterocycles. The number of fused-ring (bicyclic) bond motifs is 1. The summed E-state index contributed by atoms with van der Waals surface area (Å²) in [6, 6.07) is 1.92. The summed E-state index contributed by atoms with van der Waals surface area (Å²) in [6.07, 6.45) is 6.09. The van der Waals surface area contributed by atoms with Crippen molar-refractivity contribution in [3.8, 4) is 0 Å². The fourth-order valence-corrected chi connectivity index (χ4v) is 3.21. The Bertz CT molecular complexity index is 657. The summed E-state index contributed by atoms with van der Waals surface area (Å²) in [6.45, 7) is 3.24. The number of anilines is 2. The fourth-order valence-electron chi connectivity index (χ4n) is 3.21. The van der Waals surface area contributed by atoms with Crippen molar-refractivity contribution in [2.75, 3.05) is 29.4 Å². The molecule has 0 radical (unpaired) electrons. The molecule has 0 aliphatic carbocycles. The molecule has 22 heavy (non-hydrogen) atoms. The molecule has 1 unspecified atom stereocenters. The average molecular weight is 300 g/mol. The van der Waals surface area contributed by atoms with Crippen LogP contribution in [0.15, 0.2) is 18.6 Å². The average Bonchev–Trinajstić information content (AvgIpc) is 3.02. The lowest BCUT2D eigenvalue weighted by Crippen LogP contribution is -2.39. The van der Waals surface area contributed by atoms with Gasteiger partial charge in [-0.25, -0.2) is 9.97 Å². The van der Waals surface area contributed by atoms with Crippen LogP contribution in [-0.4, -0.2) is 50.8 Å². The highest BCUT2D eigenvalue weighted by atomic mass is 16.3. The lowest BCUT2D eigenvalue weighted by atomic mass is 10.1. The zero-order valence-corrected chi connectivity index (χ0v) is 12.4. The first kappa shape index (κ1) is 13.5. The quantitative estimate of drug-likeness (QED) is 0.851. The molecule has 116 valence electrons. The van der Waals surface area contributed by atoms with Crippen molar-refractivity contribution < 1.29 is 5.11 Å². The third-order valence-electron chi connectivity index (χ3n) is 4.41. The molecule has 7 nitrogen and oxygen atoms in total. The Morgan fingerprint density at radius 3 is 3.09 bits per heavy atom. The number of rotatable bonds is 2. The topological polar surface area (TPSA) is 81.2 Å². The van der Waals surface area contributed by atoms with Crippen molar-refractivity contribution >= 4 is 11.8 Å². The van der Waals surface area contributed by atoms with Gasteiger partial charge in [0.1, 0.15) is 5.82 Å². The van der Waals surface area contributed by atoms with Crippen molar-refractivity contribution in [2.24, 2.45) is 0 Å². The summed E-state index contributed by atoms with van der Waals surface area (Å²) < 4.78 is 0. The molecule has 0 amide bonds. The van der Waals surface area contributed by atoms with E-state index in [1.54, 1.807) is 12.5 Å². The second-order valence-electron chi connectivity index (χ2n) is 5.96. The molecule has 0 bridgehead atoms. The lowest BCUT2D eigenvalue weighted by Gasteiger charge is -2.32. The zero-order chi connectivity index (χ0) is 14.9. The van der Waals surface area contributed by atoms with Gasteiger partial charge in [0, 0.05) is 32.3 Å². The van der Waals surface area contributed by atoms with E-state index < -0.39 is 0 Å². The van der Waals surface area contributed by atoms with Crippen molar-refractivity contribution in [2.45, 2.75) is 31.9 Å². The lowest BCUT2D eigenvalue weighted by molar-refractivity contribution is 0.154. The molecule has 1 saturated heterocycles. The molecule has 4 rings (SSSR count). The van der Waals surface area contributed by atoms with E-state index in [-0.39, 0.29) is 6.10 Å². The minimum atomic E-state index is -0.255. The second kappa shape index (κ2) is 5.57. The number of aromatic nitrogens is 4. The van der Waals surface area contributed by atoms with Gasteiger partial charge in [-0.05, 0) is 18.9 Å². The van der Waals surface area contributed by atoms with E-state index in [0.717, 1.165) is 62.1 Å². The van der Waals surface area contributed by atoms with Gasteiger partial charge in [0.25, 0.3) is 0 Å². The Balaban J connectivity index is 1.55. The molecule has 2 aromatic rings. The minimum Gasteiger partial charge on any atom is -0.391 e. The number of piperidine rings is 1. The number of aromatic amines is 1.